The number of hydrogen-bond donors (Lipinski definition) is 1. The van der Waals surface area contributed by atoms with Crippen molar-refractivity contribution in [3.63, 3.8) is 0 Å². The van der Waals surface area contributed by atoms with Crippen LogP contribution in [-0.2, 0) is 20.5 Å². The van der Waals surface area contributed by atoms with Crippen LogP contribution in [0.3, 0.4) is 0 Å². The molecule has 2 aromatic rings. The highest BCUT2D eigenvalue weighted by molar-refractivity contribution is 7.84. The second-order valence-corrected chi connectivity index (χ2v) is 7.27. The van der Waals surface area contributed by atoms with Crippen molar-refractivity contribution < 1.29 is 17.8 Å². The zero-order valence-electron chi connectivity index (χ0n) is 13.6. The van der Waals surface area contributed by atoms with E-state index in [2.05, 4.69) is 4.90 Å². The summed E-state index contributed by atoms with van der Waals surface area (Å²) in [6, 6.07) is 18.9. The van der Waals surface area contributed by atoms with Gasteiger partial charge >= 0.3 is 0 Å². The lowest BCUT2D eigenvalue weighted by Crippen LogP contribution is -2.53. The molecule has 132 valence electrons. The van der Waals surface area contributed by atoms with Crippen LogP contribution < -0.4 is 9.62 Å². The van der Waals surface area contributed by atoms with Crippen LogP contribution in [0.5, 0.6) is 0 Å². The van der Waals surface area contributed by atoms with E-state index in [4.69, 9.17) is 0 Å². The number of carbonyl (C=O) groups excluding carboxylic acids is 1. The Kier molecular flexibility index (Phi) is 4.78. The standard InChI is InChI=1S/C18H20N2O4S/c21-17(19-25(22,23)24)18(15-7-3-1-4-8-15)11-13-20(14-12-18)16-9-5-2-6-10-16/h1-10H,11-14H2,(H,19,21)(H,22,23,24)/p-1. The number of nitrogens with one attached hydrogen (secondary N) is 1. The van der Waals surface area contributed by atoms with Gasteiger partial charge in [-0.3, -0.25) is 9.52 Å². The van der Waals surface area contributed by atoms with Crippen LogP contribution in [0.1, 0.15) is 18.4 Å². The molecule has 1 saturated heterocycles. The van der Waals surface area contributed by atoms with Gasteiger partial charge in [-0.15, -0.1) is 0 Å². The van der Waals surface area contributed by atoms with Gasteiger partial charge in [0.2, 0.25) is 5.91 Å². The summed E-state index contributed by atoms with van der Waals surface area (Å²) >= 11 is 0. The first-order valence-corrected chi connectivity index (χ1v) is 9.45. The average molecular weight is 359 g/mol. The van der Waals surface area contributed by atoms with Gasteiger partial charge < -0.3 is 9.45 Å². The highest BCUT2D eigenvalue weighted by Gasteiger charge is 2.43. The fraction of sp³-hybridized carbons (Fsp3) is 0.278. The number of benzene rings is 2. The minimum absolute atomic E-state index is 0.424. The lowest BCUT2D eigenvalue weighted by Gasteiger charge is -2.42. The first-order chi connectivity index (χ1) is 11.9. The highest BCUT2D eigenvalue weighted by atomic mass is 32.2. The first-order valence-electron chi connectivity index (χ1n) is 8.04. The normalized spacial score (nSPS) is 17.1. The zero-order valence-corrected chi connectivity index (χ0v) is 14.4. The fourth-order valence-corrected chi connectivity index (χ4v) is 3.82. The van der Waals surface area contributed by atoms with Crippen LogP contribution >= 0.6 is 0 Å². The Morgan fingerprint density at radius 2 is 1.48 bits per heavy atom. The molecule has 1 amide bonds. The van der Waals surface area contributed by atoms with Gasteiger partial charge in [0.05, 0.1) is 5.41 Å². The summed E-state index contributed by atoms with van der Waals surface area (Å²) in [5, 5.41) is 0. The Morgan fingerprint density at radius 1 is 0.960 bits per heavy atom. The summed E-state index contributed by atoms with van der Waals surface area (Å²) in [6.45, 7) is 1.18. The summed E-state index contributed by atoms with van der Waals surface area (Å²) in [5.74, 6) is -0.749. The fourth-order valence-electron chi connectivity index (χ4n) is 3.40. The molecule has 3 rings (SSSR count). The quantitative estimate of drug-likeness (QED) is 0.841. The molecule has 0 aromatic heterocycles. The number of nitrogens with zero attached hydrogens (tertiary/aromatic N) is 1. The molecule has 0 unspecified atom stereocenters. The van der Waals surface area contributed by atoms with Gasteiger partial charge in [0, 0.05) is 18.8 Å². The smallest absolute Gasteiger partial charge is 0.243 e. The van der Waals surface area contributed by atoms with Crippen molar-refractivity contribution in [1.29, 1.82) is 0 Å². The molecule has 2 aromatic carbocycles. The lowest BCUT2D eigenvalue weighted by atomic mass is 9.72. The largest absolute Gasteiger partial charge is 0.731 e. The molecular formula is C18H19N2O4S-. The van der Waals surface area contributed by atoms with Crippen LogP contribution in [-0.4, -0.2) is 32.0 Å². The average Bonchev–Trinajstić information content (AvgIpc) is 2.62. The van der Waals surface area contributed by atoms with E-state index < -0.39 is 21.6 Å². The van der Waals surface area contributed by atoms with E-state index in [1.165, 1.54) is 0 Å². The Morgan fingerprint density at radius 3 is 2.00 bits per heavy atom. The molecule has 1 fully saturated rings. The SMILES string of the molecule is O=C(NS(=O)(=O)[O-])C1(c2ccccc2)CCN(c2ccccc2)CC1. The molecule has 1 aliphatic rings. The van der Waals surface area contributed by atoms with Crippen molar-refractivity contribution in [2.45, 2.75) is 18.3 Å². The molecule has 25 heavy (non-hydrogen) atoms. The van der Waals surface area contributed by atoms with Crippen LogP contribution in [0.2, 0.25) is 0 Å². The molecule has 0 spiro atoms. The Labute approximate surface area is 147 Å². The number of rotatable bonds is 4. The Bertz CT molecular complexity index is 830. The molecule has 6 nitrogen and oxygen atoms in total. The maximum Gasteiger partial charge on any atom is 0.243 e. The summed E-state index contributed by atoms with van der Waals surface area (Å²) in [4.78, 5) is 14.8. The van der Waals surface area contributed by atoms with E-state index in [9.17, 15) is 17.8 Å². The summed E-state index contributed by atoms with van der Waals surface area (Å²) in [7, 11) is -4.85. The predicted molar refractivity (Wildman–Crippen MR) is 93.8 cm³/mol. The third kappa shape index (κ3) is 3.83. The van der Waals surface area contributed by atoms with Crippen LogP contribution in [0.4, 0.5) is 5.69 Å². The third-order valence-electron chi connectivity index (χ3n) is 4.72. The molecule has 0 atom stereocenters. The zero-order chi connectivity index (χ0) is 17.9. The van der Waals surface area contributed by atoms with Gasteiger partial charge in [-0.2, -0.15) is 0 Å². The van der Waals surface area contributed by atoms with E-state index in [0.29, 0.717) is 25.9 Å². The van der Waals surface area contributed by atoms with E-state index in [1.54, 1.807) is 29.0 Å². The molecular weight excluding hydrogens is 340 g/mol. The van der Waals surface area contributed by atoms with E-state index in [0.717, 1.165) is 11.3 Å². The topological polar surface area (TPSA) is 89.5 Å². The van der Waals surface area contributed by atoms with Gasteiger partial charge in [-0.05, 0) is 30.5 Å². The molecule has 7 heteroatoms. The highest BCUT2D eigenvalue weighted by Crippen LogP contribution is 2.37. The Hall–Kier alpha value is -2.38. The van der Waals surface area contributed by atoms with Crippen LogP contribution in [0, 0.1) is 0 Å². The summed E-state index contributed by atoms with van der Waals surface area (Å²) in [6.07, 6.45) is 0.848. The minimum atomic E-state index is -4.85. The summed E-state index contributed by atoms with van der Waals surface area (Å²) in [5.41, 5.74) is 0.759. The molecule has 1 N–H and O–H groups in total. The summed E-state index contributed by atoms with van der Waals surface area (Å²) < 4.78 is 34.8. The number of piperidine rings is 1. The maximum atomic E-state index is 12.7. The molecule has 1 aliphatic heterocycles. The Balaban J connectivity index is 1.89. The minimum Gasteiger partial charge on any atom is -0.731 e. The van der Waals surface area contributed by atoms with Crippen molar-refractivity contribution in [2.75, 3.05) is 18.0 Å². The van der Waals surface area contributed by atoms with Gasteiger partial charge in [-0.1, -0.05) is 48.5 Å². The maximum absolute atomic E-state index is 12.7. The number of para-hydroxylation sites is 1. The number of amides is 1. The van der Waals surface area contributed by atoms with Crippen LogP contribution in [0.15, 0.2) is 60.7 Å². The molecule has 0 aliphatic carbocycles. The number of anilines is 1. The van der Waals surface area contributed by atoms with Crippen molar-refractivity contribution in [3.8, 4) is 0 Å². The van der Waals surface area contributed by atoms with Crippen molar-refractivity contribution in [3.05, 3.63) is 66.2 Å². The molecule has 0 bridgehead atoms. The monoisotopic (exact) mass is 359 g/mol. The molecule has 0 radical (unpaired) electrons. The predicted octanol–water partition coefficient (Wildman–Crippen LogP) is 1.80. The van der Waals surface area contributed by atoms with Crippen molar-refractivity contribution in [2.24, 2.45) is 0 Å². The number of carbonyl (C=O) groups is 1. The van der Waals surface area contributed by atoms with Gasteiger partial charge in [0.15, 0.2) is 10.3 Å². The van der Waals surface area contributed by atoms with Crippen LogP contribution in [0.25, 0.3) is 0 Å². The van der Waals surface area contributed by atoms with Crippen molar-refractivity contribution in [1.82, 2.24) is 4.72 Å². The lowest BCUT2D eigenvalue weighted by molar-refractivity contribution is -0.125. The number of hydrogen-bond acceptors (Lipinski definition) is 5. The van der Waals surface area contributed by atoms with Gasteiger partial charge in [-0.25, -0.2) is 8.42 Å². The third-order valence-corrected chi connectivity index (χ3v) is 5.15. The second kappa shape index (κ2) is 6.85. The van der Waals surface area contributed by atoms with Gasteiger partial charge in [0.1, 0.15) is 0 Å². The molecule has 1 heterocycles. The first kappa shape index (κ1) is 17.4. The van der Waals surface area contributed by atoms with Gasteiger partial charge in [0.25, 0.3) is 0 Å². The second-order valence-electron chi connectivity index (χ2n) is 6.16. The van der Waals surface area contributed by atoms with E-state index >= 15 is 0 Å². The van der Waals surface area contributed by atoms with Crippen molar-refractivity contribution >= 4 is 21.9 Å². The van der Waals surface area contributed by atoms with E-state index in [-0.39, 0.29) is 0 Å². The molecule has 0 saturated carbocycles. The van der Waals surface area contributed by atoms with E-state index in [1.807, 2.05) is 36.4 Å².